The molecule has 0 aromatic heterocycles. The fraction of sp³-hybridized carbons (Fsp3) is 0.222. The van der Waals surface area contributed by atoms with E-state index in [1.54, 1.807) is 6.07 Å². The van der Waals surface area contributed by atoms with E-state index in [1.807, 2.05) is 0 Å². The highest BCUT2D eigenvalue weighted by Gasteiger charge is 2.41. The predicted octanol–water partition coefficient (Wildman–Crippen LogP) is 3.71. The zero-order valence-corrected chi connectivity index (χ0v) is 13.2. The maximum Gasteiger partial charge on any atom is 0.326 e. The first-order valence-corrected chi connectivity index (χ1v) is 7.17. The summed E-state index contributed by atoms with van der Waals surface area (Å²) < 4.78 is 58.2. The van der Waals surface area contributed by atoms with Gasteiger partial charge >= 0.3 is 5.97 Å². The van der Waals surface area contributed by atoms with Crippen LogP contribution in [-0.4, -0.2) is 13.1 Å². The summed E-state index contributed by atoms with van der Waals surface area (Å²) in [5.74, 6) is -4.46. The molecule has 0 radical (unpaired) electrons. The molecule has 7 heteroatoms. The summed E-state index contributed by atoms with van der Waals surface area (Å²) in [6.07, 6.45) is -0.772. The number of carbonyl (C=O) groups excluding carboxylic acids is 1. The van der Waals surface area contributed by atoms with E-state index >= 15 is 0 Å². The van der Waals surface area contributed by atoms with Gasteiger partial charge in [0.2, 0.25) is 0 Å². The second kappa shape index (κ2) is 7.34. The van der Waals surface area contributed by atoms with Crippen LogP contribution in [0.1, 0.15) is 11.1 Å². The Labute approximate surface area is 141 Å². The molecule has 0 amide bonds. The first-order chi connectivity index (χ1) is 11.8. The summed E-state index contributed by atoms with van der Waals surface area (Å²) in [5.41, 5.74) is -1.81. The van der Waals surface area contributed by atoms with Crippen LogP contribution in [-0.2, 0) is 22.4 Å². The van der Waals surface area contributed by atoms with Crippen LogP contribution in [0.2, 0.25) is 0 Å². The number of rotatable bonds is 5. The summed E-state index contributed by atoms with van der Waals surface area (Å²) in [7, 11) is 1.05. The molecule has 0 atom stereocenters. The van der Waals surface area contributed by atoms with Crippen molar-refractivity contribution in [1.82, 2.24) is 0 Å². The lowest BCUT2D eigenvalue weighted by Gasteiger charge is -2.24. The zero-order chi connectivity index (χ0) is 18.6. The van der Waals surface area contributed by atoms with Gasteiger partial charge in [0.1, 0.15) is 23.3 Å². The van der Waals surface area contributed by atoms with Gasteiger partial charge in [0, 0.05) is 25.0 Å². The number of hydrogen-bond acceptors (Lipinski definition) is 3. The fourth-order valence-corrected chi connectivity index (χ4v) is 2.65. The summed E-state index contributed by atoms with van der Waals surface area (Å²) in [6, 6.07) is 6.98. The molecule has 0 N–H and O–H groups in total. The summed E-state index contributed by atoms with van der Waals surface area (Å²) >= 11 is 0. The molecule has 0 aliphatic carbocycles. The molecule has 25 heavy (non-hydrogen) atoms. The second-order valence-corrected chi connectivity index (χ2v) is 5.59. The monoisotopic (exact) mass is 351 g/mol. The van der Waals surface area contributed by atoms with Crippen LogP contribution in [0.15, 0.2) is 36.4 Å². The van der Waals surface area contributed by atoms with Gasteiger partial charge < -0.3 is 4.74 Å². The van der Waals surface area contributed by atoms with Gasteiger partial charge in [-0.15, -0.1) is 0 Å². The van der Waals surface area contributed by atoms with E-state index in [0.717, 1.165) is 31.4 Å². The normalized spacial score (nSPS) is 11.0. The number of nitrogens with zero attached hydrogens (tertiary/aromatic N) is 1. The molecule has 3 nitrogen and oxygen atoms in total. The number of nitriles is 1. The molecule has 2 rings (SSSR count). The first-order valence-electron chi connectivity index (χ1n) is 7.17. The third-order valence-electron chi connectivity index (χ3n) is 3.65. The maximum atomic E-state index is 13.4. The van der Waals surface area contributed by atoms with Crippen molar-refractivity contribution in [2.75, 3.05) is 7.11 Å². The highest BCUT2D eigenvalue weighted by atomic mass is 19.1. The molecule has 0 spiro atoms. The van der Waals surface area contributed by atoms with Crippen LogP contribution in [0.3, 0.4) is 0 Å². The average Bonchev–Trinajstić information content (AvgIpc) is 2.51. The third-order valence-corrected chi connectivity index (χ3v) is 3.65. The quantitative estimate of drug-likeness (QED) is 0.609. The summed E-state index contributed by atoms with van der Waals surface area (Å²) in [6.45, 7) is 0. The topological polar surface area (TPSA) is 50.1 Å². The minimum atomic E-state index is -1.89. The lowest BCUT2D eigenvalue weighted by Crippen LogP contribution is -2.35. The van der Waals surface area contributed by atoms with Crippen LogP contribution >= 0.6 is 0 Å². The van der Waals surface area contributed by atoms with E-state index in [0.29, 0.717) is 12.1 Å². The third kappa shape index (κ3) is 4.35. The van der Waals surface area contributed by atoms with E-state index in [2.05, 4.69) is 4.74 Å². The highest BCUT2D eigenvalue weighted by molar-refractivity contribution is 5.80. The van der Waals surface area contributed by atoms with Crippen molar-refractivity contribution < 1.29 is 27.1 Å². The molecule has 0 saturated carbocycles. The van der Waals surface area contributed by atoms with Gasteiger partial charge in [0.05, 0.1) is 13.2 Å². The smallest absolute Gasteiger partial charge is 0.326 e. The van der Waals surface area contributed by atoms with Gasteiger partial charge in [-0.25, -0.2) is 17.6 Å². The molecule has 0 unspecified atom stereocenters. The van der Waals surface area contributed by atoms with Crippen LogP contribution in [0.4, 0.5) is 17.6 Å². The summed E-state index contributed by atoms with van der Waals surface area (Å²) in [4.78, 5) is 12.2. The molecule has 130 valence electrons. The Morgan fingerprint density at radius 1 is 0.920 bits per heavy atom. The zero-order valence-electron chi connectivity index (χ0n) is 13.2. The lowest BCUT2D eigenvalue weighted by molar-refractivity contribution is -0.149. The van der Waals surface area contributed by atoms with Crippen LogP contribution in [0.5, 0.6) is 0 Å². The van der Waals surface area contributed by atoms with Crippen molar-refractivity contribution in [1.29, 1.82) is 5.26 Å². The number of benzene rings is 2. The summed E-state index contributed by atoms with van der Waals surface area (Å²) in [5, 5.41) is 9.55. The predicted molar refractivity (Wildman–Crippen MR) is 80.2 cm³/mol. The Bertz CT molecular complexity index is 751. The molecule has 0 aliphatic heterocycles. The maximum absolute atomic E-state index is 13.4. The van der Waals surface area contributed by atoms with Crippen molar-refractivity contribution in [2.24, 2.45) is 5.41 Å². The van der Waals surface area contributed by atoms with Gasteiger partial charge in [-0.3, -0.25) is 4.79 Å². The number of esters is 1. The van der Waals surface area contributed by atoms with Crippen molar-refractivity contribution in [2.45, 2.75) is 12.8 Å². The minimum absolute atomic E-state index is 0.0429. The van der Waals surface area contributed by atoms with Crippen LogP contribution in [0, 0.1) is 40.0 Å². The largest absolute Gasteiger partial charge is 0.468 e. The van der Waals surface area contributed by atoms with E-state index in [1.165, 1.54) is 0 Å². The molecule has 0 aliphatic rings. The lowest BCUT2D eigenvalue weighted by atomic mass is 9.77. The molecule has 2 aromatic carbocycles. The van der Waals surface area contributed by atoms with E-state index in [-0.39, 0.29) is 24.0 Å². The van der Waals surface area contributed by atoms with Gasteiger partial charge in [-0.2, -0.15) is 5.26 Å². The Kier molecular flexibility index (Phi) is 5.42. The molecule has 0 saturated heterocycles. The number of carbonyl (C=O) groups is 1. The van der Waals surface area contributed by atoms with Gasteiger partial charge in [-0.1, -0.05) is 0 Å². The van der Waals surface area contributed by atoms with E-state index in [4.69, 9.17) is 0 Å². The molecule has 2 aromatic rings. The second-order valence-electron chi connectivity index (χ2n) is 5.59. The van der Waals surface area contributed by atoms with E-state index < -0.39 is 34.7 Å². The van der Waals surface area contributed by atoms with Crippen LogP contribution in [0.25, 0.3) is 0 Å². The van der Waals surface area contributed by atoms with Crippen molar-refractivity contribution in [3.8, 4) is 6.07 Å². The molecular formula is C18H13F4NO2. The van der Waals surface area contributed by atoms with Gasteiger partial charge in [0.25, 0.3) is 0 Å². The average molecular weight is 351 g/mol. The number of methoxy groups -OCH3 is 1. The number of hydrogen-bond donors (Lipinski definition) is 0. The Balaban J connectivity index is 2.46. The van der Waals surface area contributed by atoms with Crippen LogP contribution < -0.4 is 0 Å². The van der Waals surface area contributed by atoms with Gasteiger partial charge in [0.15, 0.2) is 5.41 Å². The first kappa shape index (κ1) is 18.5. The van der Waals surface area contributed by atoms with E-state index in [9.17, 15) is 27.6 Å². The number of halogens is 4. The Hall–Kier alpha value is -2.88. The fourth-order valence-electron chi connectivity index (χ4n) is 2.65. The highest BCUT2D eigenvalue weighted by Crippen LogP contribution is 2.30. The molecule has 0 fully saturated rings. The minimum Gasteiger partial charge on any atom is -0.468 e. The van der Waals surface area contributed by atoms with Crippen molar-refractivity contribution in [3.05, 3.63) is 70.8 Å². The van der Waals surface area contributed by atoms with Gasteiger partial charge in [-0.05, 0) is 35.4 Å². The molecule has 0 heterocycles. The van der Waals surface area contributed by atoms with Crippen molar-refractivity contribution >= 4 is 5.97 Å². The molecular weight excluding hydrogens is 338 g/mol. The standard InChI is InChI=1S/C18H13F4NO2/c1-25-17(24)18(10-23,8-11-2-13(19)6-14(20)3-11)9-12-4-15(21)7-16(22)5-12/h2-7H,8-9H2,1H3. The van der Waals surface area contributed by atoms with Crippen molar-refractivity contribution in [3.63, 3.8) is 0 Å². The SMILES string of the molecule is COC(=O)C(C#N)(Cc1cc(F)cc(F)c1)Cc1cc(F)cc(F)c1. The Morgan fingerprint density at radius 2 is 1.28 bits per heavy atom. The Morgan fingerprint density at radius 3 is 1.56 bits per heavy atom. The molecule has 0 bridgehead atoms. The number of ether oxygens (including phenoxy) is 1.